The monoisotopic (exact) mass is 294 g/mol. The first-order valence-electron chi connectivity index (χ1n) is 7.85. The SMILES string of the molecule is CCC(N)C(c1ccccc1F)N1CCC(C)C(OC)C1. The molecular weight excluding hydrogens is 267 g/mol. The molecule has 118 valence electrons. The molecular formula is C17H27FN2O. The lowest BCUT2D eigenvalue weighted by molar-refractivity contribution is -0.0239. The quantitative estimate of drug-likeness (QED) is 0.907. The summed E-state index contributed by atoms with van der Waals surface area (Å²) >= 11 is 0. The predicted molar refractivity (Wildman–Crippen MR) is 83.6 cm³/mol. The van der Waals surface area contributed by atoms with Gasteiger partial charge < -0.3 is 10.5 Å². The number of nitrogens with zero attached hydrogens (tertiary/aromatic N) is 1. The van der Waals surface area contributed by atoms with Gasteiger partial charge in [-0.05, 0) is 31.4 Å². The number of nitrogens with two attached hydrogens (primary N) is 1. The molecule has 1 heterocycles. The van der Waals surface area contributed by atoms with Crippen molar-refractivity contribution < 1.29 is 9.13 Å². The lowest BCUT2D eigenvalue weighted by atomic mass is 9.90. The van der Waals surface area contributed by atoms with Crippen molar-refractivity contribution in [2.24, 2.45) is 11.7 Å². The van der Waals surface area contributed by atoms with Crippen molar-refractivity contribution >= 4 is 0 Å². The van der Waals surface area contributed by atoms with Crippen LogP contribution in [0.15, 0.2) is 24.3 Å². The minimum atomic E-state index is -0.168. The molecule has 4 heteroatoms. The van der Waals surface area contributed by atoms with Crippen LogP contribution in [0.25, 0.3) is 0 Å². The van der Waals surface area contributed by atoms with Gasteiger partial charge in [-0.3, -0.25) is 4.90 Å². The van der Waals surface area contributed by atoms with Crippen LogP contribution in [0.2, 0.25) is 0 Å². The highest BCUT2D eigenvalue weighted by molar-refractivity contribution is 5.23. The van der Waals surface area contributed by atoms with Crippen molar-refractivity contribution in [1.82, 2.24) is 4.90 Å². The number of halogens is 1. The molecule has 1 fully saturated rings. The van der Waals surface area contributed by atoms with Gasteiger partial charge in [-0.1, -0.05) is 32.0 Å². The molecule has 21 heavy (non-hydrogen) atoms. The van der Waals surface area contributed by atoms with Crippen LogP contribution in [-0.4, -0.2) is 37.2 Å². The van der Waals surface area contributed by atoms with E-state index >= 15 is 0 Å². The summed E-state index contributed by atoms with van der Waals surface area (Å²) in [6, 6.07) is 6.83. The Labute approximate surface area is 127 Å². The van der Waals surface area contributed by atoms with Gasteiger partial charge >= 0.3 is 0 Å². The molecule has 3 nitrogen and oxygen atoms in total. The molecule has 2 rings (SSSR count). The average Bonchev–Trinajstić information content (AvgIpc) is 2.50. The Hall–Kier alpha value is -0.970. The molecule has 1 aromatic carbocycles. The topological polar surface area (TPSA) is 38.5 Å². The van der Waals surface area contributed by atoms with Gasteiger partial charge in [0.15, 0.2) is 0 Å². The summed E-state index contributed by atoms with van der Waals surface area (Å²) in [5.41, 5.74) is 7.03. The van der Waals surface area contributed by atoms with E-state index in [1.54, 1.807) is 13.2 Å². The number of ether oxygens (including phenoxy) is 1. The second-order valence-corrected chi connectivity index (χ2v) is 6.07. The maximum Gasteiger partial charge on any atom is 0.128 e. The number of hydrogen-bond acceptors (Lipinski definition) is 3. The van der Waals surface area contributed by atoms with E-state index in [9.17, 15) is 4.39 Å². The van der Waals surface area contributed by atoms with Gasteiger partial charge in [0.25, 0.3) is 0 Å². The third-order valence-electron chi connectivity index (χ3n) is 4.72. The Morgan fingerprint density at radius 1 is 1.43 bits per heavy atom. The zero-order valence-corrected chi connectivity index (χ0v) is 13.3. The molecule has 0 saturated carbocycles. The van der Waals surface area contributed by atoms with E-state index in [-0.39, 0.29) is 24.0 Å². The number of likely N-dealkylation sites (tertiary alicyclic amines) is 1. The van der Waals surface area contributed by atoms with E-state index in [4.69, 9.17) is 10.5 Å². The Morgan fingerprint density at radius 2 is 2.14 bits per heavy atom. The van der Waals surface area contributed by atoms with Gasteiger partial charge in [0.1, 0.15) is 5.82 Å². The van der Waals surface area contributed by atoms with Gasteiger partial charge in [0.2, 0.25) is 0 Å². The Kier molecular flexibility index (Phi) is 5.73. The second-order valence-electron chi connectivity index (χ2n) is 6.07. The van der Waals surface area contributed by atoms with E-state index in [1.165, 1.54) is 6.07 Å². The molecule has 4 atom stereocenters. The molecule has 0 amide bonds. The number of methoxy groups -OCH3 is 1. The normalized spacial score (nSPS) is 26.5. The van der Waals surface area contributed by atoms with E-state index in [1.807, 2.05) is 12.1 Å². The highest BCUT2D eigenvalue weighted by atomic mass is 19.1. The highest BCUT2D eigenvalue weighted by Crippen LogP contribution is 2.32. The second kappa shape index (κ2) is 7.34. The molecule has 1 aliphatic heterocycles. The Bertz CT molecular complexity index is 454. The molecule has 0 aromatic heterocycles. The van der Waals surface area contributed by atoms with Crippen molar-refractivity contribution in [3.8, 4) is 0 Å². The minimum absolute atomic E-state index is 0.0761. The molecule has 1 aromatic rings. The molecule has 4 unspecified atom stereocenters. The first-order valence-corrected chi connectivity index (χ1v) is 7.85. The van der Waals surface area contributed by atoms with Crippen molar-refractivity contribution in [2.75, 3.05) is 20.2 Å². The summed E-state index contributed by atoms with van der Waals surface area (Å²) in [4.78, 5) is 2.29. The van der Waals surface area contributed by atoms with Gasteiger partial charge in [-0.25, -0.2) is 4.39 Å². The van der Waals surface area contributed by atoms with Crippen LogP contribution in [0.5, 0.6) is 0 Å². The molecule has 1 saturated heterocycles. The van der Waals surface area contributed by atoms with Crippen LogP contribution in [0.1, 0.15) is 38.3 Å². The molecule has 1 aliphatic rings. The molecule has 0 spiro atoms. The zero-order chi connectivity index (χ0) is 15.4. The van der Waals surface area contributed by atoms with Crippen LogP contribution in [0.3, 0.4) is 0 Å². The maximum atomic E-state index is 14.2. The molecule has 0 aliphatic carbocycles. The molecule has 0 radical (unpaired) electrons. The van der Waals surface area contributed by atoms with Gasteiger partial charge in [0, 0.05) is 25.3 Å². The molecule has 2 N–H and O–H groups in total. The Morgan fingerprint density at radius 3 is 2.76 bits per heavy atom. The van der Waals surface area contributed by atoms with E-state index < -0.39 is 0 Å². The van der Waals surface area contributed by atoms with E-state index in [0.717, 1.165) is 25.9 Å². The highest BCUT2D eigenvalue weighted by Gasteiger charge is 2.34. The number of rotatable bonds is 5. The summed E-state index contributed by atoms with van der Waals surface area (Å²) in [6.45, 7) is 6.01. The van der Waals surface area contributed by atoms with Crippen LogP contribution in [-0.2, 0) is 4.74 Å². The smallest absolute Gasteiger partial charge is 0.128 e. The summed E-state index contributed by atoms with van der Waals surface area (Å²) in [5, 5.41) is 0. The van der Waals surface area contributed by atoms with Crippen molar-refractivity contribution in [3.05, 3.63) is 35.6 Å². The minimum Gasteiger partial charge on any atom is -0.380 e. The van der Waals surface area contributed by atoms with Crippen molar-refractivity contribution in [2.45, 2.75) is 44.9 Å². The lowest BCUT2D eigenvalue weighted by Crippen LogP contribution is -2.50. The van der Waals surface area contributed by atoms with Crippen LogP contribution >= 0.6 is 0 Å². The third kappa shape index (κ3) is 3.62. The third-order valence-corrected chi connectivity index (χ3v) is 4.72. The van der Waals surface area contributed by atoms with E-state index in [2.05, 4.69) is 18.7 Å². The first kappa shape index (κ1) is 16.4. The molecule has 0 bridgehead atoms. The summed E-state index contributed by atoms with van der Waals surface area (Å²) in [7, 11) is 1.75. The van der Waals surface area contributed by atoms with Gasteiger partial charge in [-0.2, -0.15) is 0 Å². The van der Waals surface area contributed by atoms with E-state index in [0.29, 0.717) is 11.5 Å². The predicted octanol–water partition coefficient (Wildman–Crippen LogP) is 2.96. The fourth-order valence-electron chi connectivity index (χ4n) is 3.25. The largest absolute Gasteiger partial charge is 0.380 e. The van der Waals surface area contributed by atoms with Gasteiger partial charge in [-0.15, -0.1) is 0 Å². The van der Waals surface area contributed by atoms with Crippen LogP contribution in [0.4, 0.5) is 4.39 Å². The summed E-state index contributed by atoms with van der Waals surface area (Å²) in [6.07, 6.45) is 2.07. The zero-order valence-electron chi connectivity index (χ0n) is 13.3. The van der Waals surface area contributed by atoms with Crippen LogP contribution < -0.4 is 5.73 Å². The van der Waals surface area contributed by atoms with Crippen molar-refractivity contribution in [1.29, 1.82) is 0 Å². The summed E-state index contributed by atoms with van der Waals surface area (Å²) < 4.78 is 19.8. The standard InChI is InChI=1S/C17H27FN2O/c1-4-15(19)17(13-7-5-6-8-14(13)18)20-10-9-12(2)16(11-20)21-3/h5-8,12,15-17H,4,9-11,19H2,1-3H3. The number of benzene rings is 1. The lowest BCUT2D eigenvalue weighted by Gasteiger charge is -2.42. The average molecular weight is 294 g/mol. The number of hydrogen-bond donors (Lipinski definition) is 1. The summed E-state index contributed by atoms with van der Waals surface area (Å²) in [5.74, 6) is 0.365. The fourth-order valence-corrected chi connectivity index (χ4v) is 3.25. The Balaban J connectivity index is 2.27. The maximum absolute atomic E-state index is 14.2. The number of piperidine rings is 1. The first-order chi connectivity index (χ1) is 10.1. The fraction of sp³-hybridized carbons (Fsp3) is 0.647. The van der Waals surface area contributed by atoms with Gasteiger partial charge in [0.05, 0.1) is 12.1 Å². The van der Waals surface area contributed by atoms with Crippen LogP contribution in [0, 0.1) is 11.7 Å². The van der Waals surface area contributed by atoms with Crippen molar-refractivity contribution in [3.63, 3.8) is 0 Å².